The van der Waals surface area contributed by atoms with Gasteiger partial charge in [-0.3, -0.25) is 9.36 Å². The molecule has 0 aliphatic heterocycles. The molecule has 6 heteroatoms. The van der Waals surface area contributed by atoms with Gasteiger partial charge in [0.1, 0.15) is 17.3 Å². The van der Waals surface area contributed by atoms with E-state index in [-0.39, 0.29) is 5.56 Å². The molecule has 0 aliphatic rings. The summed E-state index contributed by atoms with van der Waals surface area (Å²) < 4.78 is 12.9. The van der Waals surface area contributed by atoms with Crippen LogP contribution in [0.3, 0.4) is 0 Å². The van der Waals surface area contributed by atoms with Crippen LogP contribution in [0.4, 0.5) is 0 Å². The summed E-state index contributed by atoms with van der Waals surface area (Å²) in [5.74, 6) is 2.07. The molecule has 32 heavy (non-hydrogen) atoms. The van der Waals surface area contributed by atoms with E-state index in [2.05, 4.69) is 0 Å². The molecule has 0 fully saturated rings. The fourth-order valence-corrected chi connectivity index (χ4v) is 4.19. The summed E-state index contributed by atoms with van der Waals surface area (Å²) in [4.78, 5) is 18.1. The largest absolute Gasteiger partial charge is 0.497 e. The zero-order chi connectivity index (χ0) is 22.7. The summed E-state index contributed by atoms with van der Waals surface area (Å²) in [6.07, 6.45) is 0.632. The maximum absolute atomic E-state index is 13.3. The average molecular weight is 449 g/mol. The van der Waals surface area contributed by atoms with E-state index in [1.165, 1.54) is 0 Å². The predicted octanol–water partition coefficient (Wildman–Crippen LogP) is 5.81. The zero-order valence-electron chi connectivity index (χ0n) is 18.4. The standard InChI is InChI=1S/C26H25ClN2O3/c1-17-15-18(2)24(22(27)16-17)32-14-6-13-29-25(19-9-11-20(31-3)12-10-19)28-23-8-5-4-7-21(23)26(29)30/h4-5,7-12,15-16H,6,13-14H2,1-3H3. The second-order valence-corrected chi connectivity index (χ2v) is 8.14. The van der Waals surface area contributed by atoms with Gasteiger partial charge in [-0.15, -0.1) is 0 Å². The summed E-state index contributed by atoms with van der Waals surface area (Å²) in [7, 11) is 1.63. The average Bonchev–Trinajstić information content (AvgIpc) is 2.79. The van der Waals surface area contributed by atoms with Gasteiger partial charge < -0.3 is 9.47 Å². The minimum absolute atomic E-state index is 0.0639. The van der Waals surface area contributed by atoms with Crippen LogP contribution in [-0.4, -0.2) is 23.3 Å². The van der Waals surface area contributed by atoms with Gasteiger partial charge in [-0.25, -0.2) is 4.98 Å². The second-order valence-electron chi connectivity index (χ2n) is 7.73. The molecule has 1 heterocycles. The number of ether oxygens (including phenoxy) is 2. The van der Waals surface area contributed by atoms with Gasteiger partial charge in [-0.2, -0.15) is 0 Å². The molecule has 0 saturated carbocycles. The van der Waals surface area contributed by atoms with E-state index in [9.17, 15) is 4.79 Å². The van der Waals surface area contributed by atoms with Crippen molar-refractivity contribution in [3.63, 3.8) is 0 Å². The molecule has 1 aromatic heterocycles. The van der Waals surface area contributed by atoms with Gasteiger partial charge in [-0.1, -0.05) is 29.8 Å². The third kappa shape index (κ3) is 4.48. The first-order valence-corrected chi connectivity index (χ1v) is 10.9. The predicted molar refractivity (Wildman–Crippen MR) is 129 cm³/mol. The lowest BCUT2D eigenvalue weighted by Gasteiger charge is -2.15. The summed E-state index contributed by atoms with van der Waals surface area (Å²) in [6.45, 7) is 4.89. The van der Waals surface area contributed by atoms with Crippen LogP contribution in [0.1, 0.15) is 17.5 Å². The third-order valence-electron chi connectivity index (χ3n) is 5.36. The number of halogens is 1. The van der Waals surface area contributed by atoms with Crippen molar-refractivity contribution in [3.8, 4) is 22.9 Å². The number of aryl methyl sites for hydroxylation is 2. The van der Waals surface area contributed by atoms with Crippen LogP contribution in [0.5, 0.6) is 11.5 Å². The normalized spacial score (nSPS) is 11.0. The van der Waals surface area contributed by atoms with Crippen LogP contribution in [0.15, 0.2) is 65.5 Å². The van der Waals surface area contributed by atoms with Crippen LogP contribution >= 0.6 is 11.6 Å². The number of fused-ring (bicyclic) bond motifs is 1. The fourth-order valence-electron chi connectivity index (χ4n) is 3.82. The second kappa shape index (κ2) is 9.45. The summed E-state index contributed by atoms with van der Waals surface area (Å²) in [5, 5.41) is 1.20. The minimum atomic E-state index is -0.0639. The fraction of sp³-hybridized carbons (Fsp3) is 0.231. The lowest BCUT2D eigenvalue weighted by Crippen LogP contribution is -2.24. The highest BCUT2D eigenvalue weighted by Gasteiger charge is 2.13. The third-order valence-corrected chi connectivity index (χ3v) is 5.64. The van der Waals surface area contributed by atoms with Crippen molar-refractivity contribution in [1.82, 2.24) is 9.55 Å². The molecule has 0 atom stereocenters. The number of para-hydroxylation sites is 1. The highest BCUT2D eigenvalue weighted by Crippen LogP contribution is 2.30. The van der Waals surface area contributed by atoms with Crippen LogP contribution < -0.4 is 15.0 Å². The molecule has 4 rings (SSSR count). The van der Waals surface area contributed by atoms with E-state index in [1.54, 1.807) is 11.7 Å². The van der Waals surface area contributed by atoms with Crippen LogP contribution in [0, 0.1) is 13.8 Å². The van der Waals surface area contributed by atoms with Gasteiger partial charge in [0.15, 0.2) is 0 Å². The number of hydrogen-bond donors (Lipinski definition) is 0. The number of aromatic nitrogens is 2. The molecule has 0 N–H and O–H groups in total. The van der Waals surface area contributed by atoms with E-state index >= 15 is 0 Å². The molecule has 164 valence electrons. The number of rotatable bonds is 7. The SMILES string of the molecule is COc1ccc(-c2nc3ccccc3c(=O)n2CCCOc2c(C)cc(C)cc2Cl)cc1. The van der Waals surface area contributed by atoms with E-state index in [0.717, 1.165) is 22.4 Å². The maximum atomic E-state index is 13.3. The number of hydrogen-bond acceptors (Lipinski definition) is 4. The summed E-state index contributed by atoms with van der Waals surface area (Å²) in [5.41, 5.74) is 3.56. The van der Waals surface area contributed by atoms with Gasteiger partial charge in [0.05, 0.1) is 29.6 Å². The Kier molecular flexibility index (Phi) is 6.47. The Morgan fingerprint density at radius 1 is 1.03 bits per heavy atom. The smallest absolute Gasteiger partial charge is 0.261 e. The van der Waals surface area contributed by atoms with Crippen molar-refractivity contribution in [2.24, 2.45) is 0 Å². The quantitative estimate of drug-likeness (QED) is 0.335. The Morgan fingerprint density at radius 3 is 2.50 bits per heavy atom. The molecule has 3 aromatic carbocycles. The summed E-state index contributed by atoms with van der Waals surface area (Å²) in [6, 6.07) is 18.9. The van der Waals surface area contributed by atoms with Gasteiger partial charge in [0.25, 0.3) is 5.56 Å². The molecule has 0 radical (unpaired) electrons. The van der Waals surface area contributed by atoms with Crippen molar-refractivity contribution in [2.45, 2.75) is 26.8 Å². The van der Waals surface area contributed by atoms with Gasteiger partial charge in [-0.05, 0) is 73.9 Å². The number of nitrogens with zero attached hydrogens (tertiary/aromatic N) is 2. The molecule has 5 nitrogen and oxygen atoms in total. The first-order valence-electron chi connectivity index (χ1n) is 10.5. The summed E-state index contributed by atoms with van der Waals surface area (Å²) >= 11 is 6.35. The van der Waals surface area contributed by atoms with E-state index in [4.69, 9.17) is 26.1 Å². The van der Waals surface area contributed by atoms with E-state index in [0.29, 0.717) is 47.1 Å². The number of methoxy groups -OCH3 is 1. The maximum Gasteiger partial charge on any atom is 0.261 e. The highest BCUT2D eigenvalue weighted by molar-refractivity contribution is 6.32. The molecule has 0 amide bonds. The first-order chi connectivity index (χ1) is 15.5. The number of benzene rings is 3. The van der Waals surface area contributed by atoms with Crippen molar-refractivity contribution in [3.05, 3.63) is 87.2 Å². The lowest BCUT2D eigenvalue weighted by molar-refractivity contribution is 0.299. The van der Waals surface area contributed by atoms with Crippen molar-refractivity contribution >= 4 is 22.5 Å². The molecular formula is C26H25ClN2O3. The van der Waals surface area contributed by atoms with Gasteiger partial charge in [0, 0.05) is 12.1 Å². The molecule has 4 aromatic rings. The Balaban J connectivity index is 1.62. The van der Waals surface area contributed by atoms with Crippen LogP contribution in [0.2, 0.25) is 5.02 Å². The Labute approximate surface area is 192 Å². The van der Waals surface area contributed by atoms with E-state index < -0.39 is 0 Å². The van der Waals surface area contributed by atoms with E-state index in [1.807, 2.05) is 74.5 Å². The lowest BCUT2D eigenvalue weighted by atomic mass is 10.1. The van der Waals surface area contributed by atoms with Crippen molar-refractivity contribution in [1.29, 1.82) is 0 Å². The van der Waals surface area contributed by atoms with Crippen molar-refractivity contribution in [2.75, 3.05) is 13.7 Å². The van der Waals surface area contributed by atoms with Crippen molar-refractivity contribution < 1.29 is 9.47 Å². The molecule has 0 saturated heterocycles. The van der Waals surface area contributed by atoms with Crippen LogP contribution in [0.25, 0.3) is 22.3 Å². The monoisotopic (exact) mass is 448 g/mol. The Bertz CT molecular complexity index is 1290. The first kappa shape index (κ1) is 21.9. The molecule has 0 unspecified atom stereocenters. The van der Waals surface area contributed by atoms with Gasteiger partial charge >= 0.3 is 0 Å². The molecular weight excluding hydrogens is 424 g/mol. The Hall–Kier alpha value is -3.31. The molecule has 0 aliphatic carbocycles. The highest BCUT2D eigenvalue weighted by atomic mass is 35.5. The van der Waals surface area contributed by atoms with Crippen LogP contribution in [-0.2, 0) is 6.54 Å². The minimum Gasteiger partial charge on any atom is -0.497 e. The van der Waals surface area contributed by atoms with Gasteiger partial charge in [0.2, 0.25) is 0 Å². The molecule has 0 bridgehead atoms. The Morgan fingerprint density at radius 2 is 1.78 bits per heavy atom. The topological polar surface area (TPSA) is 53.3 Å². The molecule has 0 spiro atoms. The zero-order valence-corrected chi connectivity index (χ0v) is 19.1.